The van der Waals surface area contributed by atoms with Crippen LogP contribution in [0.3, 0.4) is 0 Å². The monoisotopic (exact) mass is 333 g/mol. The van der Waals surface area contributed by atoms with E-state index >= 15 is 0 Å². The summed E-state index contributed by atoms with van der Waals surface area (Å²) in [5.74, 6) is -0.0857. The van der Waals surface area contributed by atoms with Crippen molar-refractivity contribution in [1.29, 1.82) is 0 Å². The maximum atomic E-state index is 13.0. The zero-order valence-corrected chi connectivity index (χ0v) is 14.1. The van der Waals surface area contributed by atoms with Crippen LogP contribution in [0.15, 0.2) is 6.20 Å². The molecule has 8 heteroatoms. The van der Waals surface area contributed by atoms with Crippen LogP contribution in [0, 0.1) is 6.92 Å². The topological polar surface area (TPSA) is 102 Å². The van der Waals surface area contributed by atoms with Crippen LogP contribution in [-0.2, 0) is 9.53 Å². The Hall–Kier alpha value is -2.22. The highest BCUT2D eigenvalue weighted by molar-refractivity contribution is 6.00. The van der Waals surface area contributed by atoms with E-state index in [-0.39, 0.29) is 17.8 Å². The molecular weight excluding hydrogens is 310 g/mol. The third-order valence-electron chi connectivity index (χ3n) is 4.87. The highest BCUT2D eigenvalue weighted by atomic mass is 16.5. The van der Waals surface area contributed by atoms with Crippen molar-refractivity contribution in [3.63, 3.8) is 0 Å². The number of carbonyl (C=O) groups is 2. The number of morpholine rings is 1. The average molecular weight is 333 g/mol. The molecule has 2 N–H and O–H groups in total. The molecule has 1 aromatic rings. The van der Waals surface area contributed by atoms with Gasteiger partial charge in [-0.05, 0) is 26.7 Å². The minimum absolute atomic E-state index is 0.00864. The van der Waals surface area contributed by atoms with Crippen LogP contribution < -0.4 is 5.73 Å². The van der Waals surface area contributed by atoms with E-state index in [1.54, 1.807) is 16.7 Å². The maximum absolute atomic E-state index is 13.0. The SMILES string of the molecule is Cc1nc(N)ncc1C(=O)N1CCC[C@@]1(C)C(=O)N1CCOCC1. The number of nitrogens with zero attached hydrogens (tertiary/aromatic N) is 4. The number of likely N-dealkylation sites (tertiary alicyclic amines) is 1. The number of nitrogens with two attached hydrogens (primary N) is 1. The molecule has 1 aromatic heterocycles. The Morgan fingerprint density at radius 2 is 2.00 bits per heavy atom. The summed E-state index contributed by atoms with van der Waals surface area (Å²) < 4.78 is 5.31. The van der Waals surface area contributed by atoms with Crippen LogP contribution in [0.1, 0.15) is 35.8 Å². The highest BCUT2D eigenvalue weighted by Crippen LogP contribution is 2.33. The minimum atomic E-state index is -0.831. The lowest BCUT2D eigenvalue weighted by Gasteiger charge is -2.39. The first kappa shape index (κ1) is 16.6. The van der Waals surface area contributed by atoms with Gasteiger partial charge in [-0.25, -0.2) is 9.97 Å². The van der Waals surface area contributed by atoms with E-state index in [2.05, 4.69) is 9.97 Å². The molecule has 0 aliphatic carbocycles. The number of rotatable bonds is 2. The summed E-state index contributed by atoms with van der Waals surface area (Å²) in [5.41, 5.74) is 5.65. The summed E-state index contributed by atoms with van der Waals surface area (Å²) in [7, 11) is 0. The molecular formula is C16H23N5O3. The number of anilines is 1. The standard InChI is InChI=1S/C16H23N5O3/c1-11-12(10-18-15(17)19-11)13(22)21-5-3-4-16(21,2)14(23)20-6-8-24-9-7-20/h10H,3-9H2,1-2H3,(H2,17,18,19)/t16-/m0/s1. The quantitative estimate of drug-likeness (QED) is 0.831. The number of carbonyl (C=O) groups excluding carboxylic acids is 2. The number of nitrogen functional groups attached to an aromatic ring is 1. The summed E-state index contributed by atoms with van der Waals surface area (Å²) in [6, 6.07) is 0. The molecule has 8 nitrogen and oxygen atoms in total. The Labute approximate surface area is 141 Å². The summed E-state index contributed by atoms with van der Waals surface area (Å²) in [5, 5.41) is 0. The van der Waals surface area contributed by atoms with Crippen LogP contribution in [0.2, 0.25) is 0 Å². The van der Waals surface area contributed by atoms with Gasteiger partial charge in [-0.2, -0.15) is 0 Å². The fourth-order valence-corrected chi connectivity index (χ4v) is 3.46. The Balaban J connectivity index is 1.86. The van der Waals surface area contributed by atoms with Gasteiger partial charge in [0.2, 0.25) is 11.9 Å². The van der Waals surface area contributed by atoms with Gasteiger partial charge in [0.15, 0.2) is 0 Å². The van der Waals surface area contributed by atoms with Gasteiger partial charge in [-0.15, -0.1) is 0 Å². The van der Waals surface area contributed by atoms with Crippen molar-refractivity contribution >= 4 is 17.8 Å². The van der Waals surface area contributed by atoms with E-state index in [9.17, 15) is 9.59 Å². The maximum Gasteiger partial charge on any atom is 0.258 e. The summed E-state index contributed by atoms with van der Waals surface area (Å²) in [6.07, 6.45) is 2.90. The van der Waals surface area contributed by atoms with Crippen LogP contribution >= 0.6 is 0 Å². The van der Waals surface area contributed by atoms with Crippen LogP contribution in [0.4, 0.5) is 5.95 Å². The summed E-state index contributed by atoms with van der Waals surface area (Å²) >= 11 is 0. The predicted octanol–water partition coefficient (Wildman–Crippen LogP) is 0.221. The number of aryl methyl sites for hydroxylation is 1. The van der Waals surface area contributed by atoms with Gasteiger partial charge in [0.05, 0.1) is 24.5 Å². The molecule has 0 aromatic carbocycles. The first-order valence-corrected chi connectivity index (χ1v) is 8.22. The van der Waals surface area contributed by atoms with E-state index in [1.165, 1.54) is 6.20 Å². The molecule has 24 heavy (non-hydrogen) atoms. The number of ether oxygens (including phenoxy) is 1. The summed E-state index contributed by atoms with van der Waals surface area (Å²) in [4.78, 5) is 37.5. The van der Waals surface area contributed by atoms with Crippen LogP contribution in [-0.4, -0.2) is 70.0 Å². The smallest absolute Gasteiger partial charge is 0.258 e. The lowest BCUT2D eigenvalue weighted by molar-refractivity contribution is -0.144. The van der Waals surface area contributed by atoms with Crippen LogP contribution in [0.5, 0.6) is 0 Å². The van der Waals surface area contributed by atoms with Crippen molar-refractivity contribution in [2.75, 3.05) is 38.6 Å². The number of hydrogen-bond acceptors (Lipinski definition) is 6. The van der Waals surface area contributed by atoms with Crippen molar-refractivity contribution in [2.24, 2.45) is 0 Å². The second-order valence-corrected chi connectivity index (χ2v) is 6.47. The molecule has 130 valence electrons. The lowest BCUT2D eigenvalue weighted by atomic mass is 9.95. The largest absolute Gasteiger partial charge is 0.378 e. The van der Waals surface area contributed by atoms with E-state index in [0.29, 0.717) is 50.5 Å². The second-order valence-electron chi connectivity index (χ2n) is 6.47. The average Bonchev–Trinajstić information content (AvgIpc) is 2.97. The van der Waals surface area contributed by atoms with Gasteiger partial charge in [-0.3, -0.25) is 9.59 Å². The summed E-state index contributed by atoms with van der Waals surface area (Å²) in [6.45, 7) is 6.35. The Bertz CT molecular complexity index is 659. The van der Waals surface area contributed by atoms with E-state index < -0.39 is 5.54 Å². The van der Waals surface area contributed by atoms with Crippen LogP contribution in [0.25, 0.3) is 0 Å². The van der Waals surface area contributed by atoms with Gasteiger partial charge in [-0.1, -0.05) is 0 Å². The molecule has 2 saturated heterocycles. The number of amides is 2. The Morgan fingerprint density at radius 3 is 2.67 bits per heavy atom. The fraction of sp³-hybridized carbons (Fsp3) is 0.625. The zero-order chi connectivity index (χ0) is 17.3. The van der Waals surface area contributed by atoms with Crippen molar-refractivity contribution in [2.45, 2.75) is 32.2 Å². The molecule has 0 unspecified atom stereocenters. The Morgan fingerprint density at radius 1 is 1.29 bits per heavy atom. The van der Waals surface area contributed by atoms with Gasteiger partial charge in [0.25, 0.3) is 5.91 Å². The molecule has 0 saturated carbocycles. The van der Waals surface area contributed by atoms with Gasteiger partial charge in [0.1, 0.15) is 5.54 Å². The van der Waals surface area contributed by atoms with Crippen molar-refractivity contribution in [1.82, 2.24) is 19.8 Å². The molecule has 2 fully saturated rings. The van der Waals surface area contributed by atoms with Gasteiger partial charge in [0, 0.05) is 25.8 Å². The van der Waals surface area contributed by atoms with Crippen molar-refractivity contribution in [3.8, 4) is 0 Å². The molecule has 3 rings (SSSR count). The van der Waals surface area contributed by atoms with Gasteiger partial charge < -0.3 is 20.3 Å². The number of hydrogen-bond donors (Lipinski definition) is 1. The Kier molecular flexibility index (Phi) is 4.40. The van der Waals surface area contributed by atoms with Crippen molar-refractivity contribution < 1.29 is 14.3 Å². The third-order valence-corrected chi connectivity index (χ3v) is 4.87. The minimum Gasteiger partial charge on any atom is -0.378 e. The molecule has 1 atom stereocenters. The van der Waals surface area contributed by atoms with E-state index in [1.807, 2.05) is 6.92 Å². The third kappa shape index (κ3) is 2.82. The van der Waals surface area contributed by atoms with E-state index in [0.717, 1.165) is 6.42 Å². The molecule has 2 amide bonds. The molecule has 0 bridgehead atoms. The first-order valence-electron chi connectivity index (χ1n) is 8.22. The molecule has 0 spiro atoms. The second kappa shape index (κ2) is 6.35. The highest BCUT2D eigenvalue weighted by Gasteiger charge is 2.48. The molecule has 2 aliphatic rings. The molecule has 2 aliphatic heterocycles. The lowest BCUT2D eigenvalue weighted by Crippen LogP contribution is -2.58. The zero-order valence-electron chi connectivity index (χ0n) is 14.1. The molecule has 0 radical (unpaired) electrons. The van der Waals surface area contributed by atoms with E-state index in [4.69, 9.17) is 10.5 Å². The number of aromatic nitrogens is 2. The normalized spacial score (nSPS) is 24.2. The fourth-order valence-electron chi connectivity index (χ4n) is 3.46. The first-order chi connectivity index (χ1) is 11.4. The van der Waals surface area contributed by atoms with Crippen molar-refractivity contribution in [3.05, 3.63) is 17.5 Å². The van der Waals surface area contributed by atoms with Gasteiger partial charge >= 0.3 is 0 Å². The predicted molar refractivity (Wildman–Crippen MR) is 87.3 cm³/mol. The molecule has 3 heterocycles.